The van der Waals surface area contributed by atoms with E-state index < -0.39 is 0 Å². The van der Waals surface area contributed by atoms with Crippen molar-refractivity contribution < 1.29 is 4.39 Å². The van der Waals surface area contributed by atoms with Crippen LogP contribution < -0.4 is 5.32 Å². The van der Waals surface area contributed by atoms with Crippen LogP contribution in [-0.2, 0) is 6.42 Å². The number of hydrogen-bond acceptors (Lipinski definition) is 1. The third-order valence-corrected chi connectivity index (χ3v) is 3.96. The minimum atomic E-state index is -0.213. The zero-order valence-electron chi connectivity index (χ0n) is 11.2. The molecule has 1 unspecified atom stereocenters. The summed E-state index contributed by atoms with van der Waals surface area (Å²) in [5.41, 5.74) is 2.14. The zero-order valence-corrected chi connectivity index (χ0v) is 13.5. The first kappa shape index (κ1) is 15.5. The molecule has 0 aliphatic heterocycles. The highest BCUT2D eigenvalue weighted by Gasteiger charge is 2.14. The number of likely N-dealkylation sites (N-methyl/N-ethyl adjacent to an activating group) is 1. The third kappa shape index (κ3) is 4.05. The second-order valence-electron chi connectivity index (χ2n) is 4.61. The molecule has 0 aliphatic carbocycles. The standard InChI is InChI=1S/C16H16BrClFN/c1-2-20-16(9-11-3-6-13(19)7-4-11)14-8-5-12(17)10-15(14)18/h3-8,10,16,20H,2,9H2,1H3. The highest BCUT2D eigenvalue weighted by atomic mass is 79.9. The Hall–Kier alpha value is -0.900. The van der Waals surface area contributed by atoms with Crippen LogP contribution in [0.1, 0.15) is 24.1 Å². The van der Waals surface area contributed by atoms with Gasteiger partial charge >= 0.3 is 0 Å². The average Bonchev–Trinajstić information content (AvgIpc) is 2.41. The van der Waals surface area contributed by atoms with Crippen LogP contribution in [0, 0.1) is 5.82 Å². The first-order valence-electron chi connectivity index (χ1n) is 6.53. The Labute approximate surface area is 132 Å². The quantitative estimate of drug-likeness (QED) is 0.782. The fraction of sp³-hybridized carbons (Fsp3) is 0.250. The van der Waals surface area contributed by atoms with Crippen molar-refractivity contribution in [3.63, 3.8) is 0 Å². The molecule has 0 heterocycles. The van der Waals surface area contributed by atoms with Crippen LogP contribution in [0.25, 0.3) is 0 Å². The van der Waals surface area contributed by atoms with Crippen molar-refractivity contribution in [3.8, 4) is 0 Å². The lowest BCUT2D eigenvalue weighted by Crippen LogP contribution is -2.23. The molecule has 4 heteroatoms. The summed E-state index contributed by atoms with van der Waals surface area (Å²) in [5.74, 6) is -0.213. The molecule has 1 nitrogen and oxygen atoms in total. The molecule has 20 heavy (non-hydrogen) atoms. The molecule has 2 aromatic carbocycles. The Morgan fingerprint density at radius 2 is 1.90 bits per heavy atom. The molecule has 2 rings (SSSR count). The van der Waals surface area contributed by atoms with E-state index in [4.69, 9.17) is 11.6 Å². The molecule has 0 saturated carbocycles. The first-order chi connectivity index (χ1) is 9.60. The Morgan fingerprint density at radius 1 is 1.20 bits per heavy atom. The van der Waals surface area contributed by atoms with E-state index in [1.54, 1.807) is 0 Å². The predicted octanol–water partition coefficient (Wildman–Crippen LogP) is 5.13. The summed E-state index contributed by atoms with van der Waals surface area (Å²) in [7, 11) is 0. The van der Waals surface area contributed by atoms with Crippen LogP contribution in [-0.4, -0.2) is 6.54 Å². The van der Waals surface area contributed by atoms with Crippen molar-refractivity contribution in [3.05, 3.63) is 68.9 Å². The van der Waals surface area contributed by atoms with Crippen LogP contribution in [0.5, 0.6) is 0 Å². The SMILES string of the molecule is CCNC(Cc1ccc(F)cc1)c1ccc(Br)cc1Cl. The summed E-state index contributed by atoms with van der Waals surface area (Å²) in [6.07, 6.45) is 0.773. The van der Waals surface area contributed by atoms with Gasteiger partial charge in [0.15, 0.2) is 0 Å². The van der Waals surface area contributed by atoms with Crippen molar-refractivity contribution >= 4 is 27.5 Å². The van der Waals surface area contributed by atoms with E-state index in [2.05, 4.69) is 28.2 Å². The number of benzene rings is 2. The van der Waals surface area contributed by atoms with E-state index in [0.717, 1.165) is 33.6 Å². The van der Waals surface area contributed by atoms with E-state index >= 15 is 0 Å². The monoisotopic (exact) mass is 355 g/mol. The van der Waals surface area contributed by atoms with Gasteiger partial charge in [0, 0.05) is 15.5 Å². The highest BCUT2D eigenvalue weighted by Crippen LogP contribution is 2.28. The highest BCUT2D eigenvalue weighted by molar-refractivity contribution is 9.10. The van der Waals surface area contributed by atoms with Crippen molar-refractivity contribution in [2.75, 3.05) is 6.54 Å². The molecule has 106 valence electrons. The second kappa shape index (κ2) is 7.21. The van der Waals surface area contributed by atoms with Gasteiger partial charge in [0.1, 0.15) is 5.82 Å². The summed E-state index contributed by atoms with van der Waals surface area (Å²) >= 11 is 9.73. The second-order valence-corrected chi connectivity index (χ2v) is 5.93. The van der Waals surface area contributed by atoms with Crippen LogP contribution in [0.15, 0.2) is 46.9 Å². The molecular formula is C16H16BrClFN. The van der Waals surface area contributed by atoms with E-state index in [9.17, 15) is 4.39 Å². The minimum Gasteiger partial charge on any atom is -0.310 e. The van der Waals surface area contributed by atoms with Crippen molar-refractivity contribution in [1.29, 1.82) is 0 Å². The van der Waals surface area contributed by atoms with Gasteiger partial charge in [-0.2, -0.15) is 0 Å². The average molecular weight is 357 g/mol. The summed E-state index contributed by atoms with van der Waals surface area (Å²) in [5, 5.41) is 4.16. The fourth-order valence-corrected chi connectivity index (χ4v) is 2.98. The van der Waals surface area contributed by atoms with Crippen LogP contribution in [0.2, 0.25) is 5.02 Å². The third-order valence-electron chi connectivity index (χ3n) is 3.14. The van der Waals surface area contributed by atoms with Gasteiger partial charge in [-0.1, -0.05) is 52.7 Å². The summed E-state index contributed by atoms with van der Waals surface area (Å²) in [4.78, 5) is 0. The minimum absolute atomic E-state index is 0.117. The van der Waals surface area contributed by atoms with Crippen molar-refractivity contribution in [2.24, 2.45) is 0 Å². The molecule has 0 bridgehead atoms. The Bertz CT molecular complexity index is 571. The number of nitrogens with one attached hydrogen (secondary N) is 1. The molecule has 0 spiro atoms. The van der Waals surface area contributed by atoms with Gasteiger partial charge in [0.05, 0.1) is 0 Å². The van der Waals surface area contributed by atoms with Gasteiger partial charge in [0.2, 0.25) is 0 Å². The van der Waals surface area contributed by atoms with Gasteiger partial charge in [-0.3, -0.25) is 0 Å². The maximum Gasteiger partial charge on any atom is 0.123 e. The van der Waals surface area contributed by atoms with E-state index in [1.165, 1.54) is 12.1 Å². The molecule has 0 fully saturated rings. The van der Waals surface area contributed by atoms with Gasteiger partial charge in [0.25, 0.3) is 0 Å². The summed E-state index contributed by atoms with van der Waals surface area (Å²) < 4.78 is 13.9. The fourth-order valence-electron chi connectivity index (χ4n) is 2.18. The Morgan fingerprint density at radius 3 is 2.50 bits per heavy atom. The topological polar surface area (TPSA) is 12.0 Å². The Balaban J connectivity index is 2.24. The van der Waals surface area contributed by atoms with E-state index in [0.29, 0.717) is 0 Å². The van der Waals surface area contributed by atoms with Gasteiger partial charge in [-0.15, -0.1) is 0 Å². The van der Waals surface area contributed by atoms with Gasteiger partial charge in [-0.25, -0.2) is 4.39 Å². The van der Waals surface area contributed by atoms with Crippen LogP contribution >= 0.6 is 27.5 Å². The molecular weight excluding hydrogens is 341 g/mol. The van der Waals surface area contributed by atoms with Gasteiger partial charge in [-0.05, 0) is 48.4 Å². The molecule has 0 aliphatic rings. The summed E-state index contributed by atoms with van der Waals surface area (Å²) in [6, 6.07) is 12.6. The molecule has 0 saturated heterocycles. The van der Waals surface area contributed by atoms with E-state index in [1.807, 2.05) is 30.3 Å². The van der Waals surface area contributed by atoms with Crippen molar-refractivity contribution in [2.45, 2.75) is 19.4 Å². The number of hydrogen-bond donors (Lipinski definition) is 1. The smallest absolute Gasteiger partial charge is 0.123 e. The number of rotatable bonds is 5. The Kier molecular flexibility index (Phi) is 5.58. The molecule has 1 N–H and O–H groups in total. The van der Waals surface area contributed by atoms with Crippen LogP contribution in [0.3, 0.4) is 0 Å². The van der Waals surface area contributed by atoms with Crippen molar-refractivity contribution in [1.82, 2.24) is 5.32 Å². The lowest BCUT2D eigenvalue weighted by atomic mass is 9.98. The maximum absolute atomic E-state index is 13.0. The molecule has 2 aromatic rings. The normalized spacial score (nSPS) is 12.4. The lowest BCUT2D eigenvalue weighted by molar-refractivity contribution is 0.549. The zero-order chi connectivity index (χ0) is 14.5. The molecule has 0 amide bonds. The molecule has 1 atom stereocenters. The first-order valence-corrected chi connectivity index (χ1v) is 7.70. The maximum atomic E-state index is 13.0. The largest absolute Gasteiger partial charge is 0.310 e. The van der Waals surface area contributed by atoms with E-state index in [-0.39, 0.29) is 11.9 Å². The lowest BCUT2D eigenvalue weighted by Gasteiger charge is -2.20. The van der Waals surface area contributed by atoms with Crippen LogP contribution in [0.4, 0.5) is 4.39 Å². The molecule has 0 radical (unpaired) electrons. The van der Waals surface area contributed by atoms with Gasteiger partial charge < -0.3 is 5.32 Å². The summed E-state index contributed by atoms with van der Waals surface area (Å²) in [6.45, 7) is 2.91. The number of halogens is 3. The molecule has 0 aromatic heterocycles. The predicted molar refractivity (Wildman–Crippen MR) is 85.7 cm³/mol.